The van der Waals surface area contributed by atoms with Crippen molar-refractivity contribution in [2.24, 2.45) is 5.92 Å². The van der Waals surface area contributed by atoms with Crippen LogP contribution in [0.5, 0.6) is 0 Å². The van der Waals surface area contributed by atoms with Gasteiger partial charge in [0, 0.05) is 17.4 Å². The molecule has 1 amide bonds. The molecule has 0 spiro atoms. The molecule has 1 aromatic rings. The first-order chi connectivity index (χ1) is 10.7. The Bertz CT molecular complexity index is 506. The molecule has 128 valence electrons. The smallest absolute Gasteiger partial charge is 0.222 e. The molecule has 4 nitrogen and oxygen atoms in total. The van der Waals surface area contributed by atoms with Gasteiger partial charge in [-0.1, -0.05) is 28.1 Å². The summed E-state index contributed by atoms with van der Waals surface area (Å²) in [5.41, 5.74) is 1.14. The lowest BCUT2D eigenvalue weighted by atomic mass is 10.0. The van der Waals surface area contributed by atoms with Crippen molar-refractivity contribution < 1.29 is 9.53 Å². The first kappa shape index (κ1) is 18.7. The summed E-state index contributed by atoms with van der Waals surface area (Å²) < 4.78 is 6.90. The van der Waals surface area contributed by atoms with E-state index in [9.17, 15) is 4.79 Å². The predicted molar refractivity (Wildman–Crippen MR) is 96.9 cm³/mol. The number of hydrogen-bond acceptors (Lipinski definition) is 3. The number of hydrogen-bond donors (Lipinski definition) is 1. The van der Waals surface area contributed by atoms with Crippen LogP contribution in [0.3, 0.4) is 0 Å². The Hall–Kier alpha value is -0.620. The Kier molecular flexibility index (Phi) is 7.34. The molecule has 0 aliphatic carbocycles. The van der Waals surface area contributed by atoms with E-state index in [1.54, 1.807) is 0 Å². The molecule has 3 rings (SSSR count). The van der Waals surface area contributed by atoms with Crippen molar-refractivity contribution in [1.29, 1.82) is 0 Å². The lowest BCUT2D eigenvalue weighted by molar-refractivity contribution is -0.139. The Labute approximate surface area is 152 Å². The highest BCUT2D eigenvalue weighted by Gasteiger charge is 2.26. The van der Waals surface area contributed by atoms with Crippen LogP contribution in [0.15, 0.2) is 28.7 Å². The Morgan fingerprint density at radius 3 is 2.83 bits per heavy atom. The quantitative estimate of drug-likeness (QED) is 0.839. The molecule has 23 heavy (non-hydrogen) atoms. The predicted octanol–water partition coefficient (Wildman–Crippen LogP) is 3.16. The second kappa shape index (κ2) is 9.02. The summed E-state index contributed by atoms with van der Waals surface area (Å²) in [5.74, 6) is 0.949. The zero-order valence-corrected chi connectivity index (χ0v) is 15.6. The van der Waals surface area contributed by atoms with E-state index >= 15 is 0 Å². The lowest BCUT2D eigenvalue weighted by Gasteiger charge is -2.33. The number of morpholine rings is 1. The van der Waals surface area contributed by atoms with Crippen LogP contribution in [0.4, 0.5) is 0 Å². The third-order valence-electron chi connectivity index (χ3n) is 4.59. The van der Waals surface area contributed by atoms with Crippen molar-refractivity contribution in [2.45, 2.75) is 25.4 Å². The van der Waals surface area contributed by atoms with E-state index in [4.69, 9.17) is 4.74 Å². The van der Waals surface area contributed by atoms with E-state index in [1.165, 1.54) is 6.42 Å². The monoisotopic (exact) mass is 402 g/mol. The van der Waals surface area contributed by atoms with Gasteiger partial charge >= 0.3 is 0 Å². The molecule has 2 heterocycles. The zero-order chi connectivity index (χ0) is 15.4. The van der Waals surface area contributed by atoms with Gasteiger partial charge in [-0.15, -0.1) is 12.4 Å². The molecule has 1 N–H and O–H groups in total. The third-order valence-corrected chi connectivity index (χ3v) is 5.12. The van der Waals surface area contributed by atoms with Crippen LogP contribution < -0.4 is 5.32 Å². The molecule has 2 aliphatic heterocycles. The summed E-state index contributed by atoms with van der Waals surface area (Å²) >= 11 is 3.45. The van der Waals surface area contributed by atoms with Crippen molar-refractivity contribution in [3.8, 4) is 0 Å². The molecule has 1 aromatic carbocycles. The topological polar surface area (TPSA) is 41.6 Å². The standard InChI is InChI=1S/C17H23BrN2O2.ClH/c18-15-4-2-14(3-5-15)16-12-20(9-10-22-16)17(21)6-1-13-7-8-19-11-13;/h2-5,13,16,19H,1,6-12H2;1H. The molecule has 6 heteroatoms. The maximum Gasteiger partial charge on any atom is 0.222 e. The molecule has 2 unspecified atom stereocenters. The van der Waals surface area contributed by atoms with E-state index in [1.807, 2.05) is 17.0 Å². The summed E-state index contributed by atoms with van der Waals surface area (Å²) in [7, 11) is 0. The van der Waals surface area contributed by atoms with Gasteiger partial charge < -0.3 is 15.0 Å². The second-order valence-corrected chi connectivity index (χ2v) is 7.06. The van der Waals surface area contributed by atoms with Gasteiger partial charge in [-0.25, -0.2) is 0 Å². The highest BCUT2D eigenvalue weighted by Crippen LogP contribution is 2.25. The summed E-state index contributed by atoms with van der Waals surface area (Å²) in [6, 6.07) is 8.17. The minimum absolute atomic E-state index is 0. The number of carbonyl (C=O) groups excluding carboxylic acids is 1. The van der Waals surface area contributed by atoms with E-state index in [0.29, 0.717) is 25.5 Å². The van der Waals surface area contributed by atoms with Crippen LogP contribution >= 0.6 is 28.3 Å². The SMILES string of the molecule is Cl.O=C(CCC1CCNC1)N1CCOC(c2ccc(Br)cc2)C1. The number of amides is 1. The number of carbonyl (C=O) groups is 1. The number of nitrogens with one attached hydrogen (secondary N) is 1. The number of benzene rings is 1. The average molecular weight is 404 g/mol. The highest BCUT2D eigenvalue weighted by molar-refractivity contribution is 9.10. The molecular weight excluding hydrogens is 380 g/mol. The van der Waals surface area contributed by atoms with Crippen molar-refractivity contribution in [2.75, 3.05) is 32.8 Å². The lowest BCUT2D eigenvalue weighted by Crippen LogP contribution is -2.42. The maximum atomic E-state index is 12.4. The highest BCUT2D eigenvalue weighted by atomic mass is 79.9. The number of nitrogens with zero attached hydrogens (tertiary/aromatic N) is 1. The van der Waals surface area contributed by atoms with Gasteiger partial charge in [-0.2, -0.15) is 0 Å². The van der Waals surface area contributed by atoms with Gasteiger partial charge in [0.2, 0.25) is 5.91 Å². The minimum Gasteiger partial charge on any atom is -0.370 e. The number of rotatable bonds is 4. The van der Waals surface area contributed by atoms with Gasteiger partial charge in [-0.3, -0.25) is 4.79 Å². The molecule has 0 saturated carbocycles. The van der Waals surface area contributed by atoms with Gasteiger partial charge in [0.15, 0.2) is 0 Å². The first-order valence-electron chi connectivity index (χ1n) is 8.08. The normalized spacial score (nSPS) is 24.3. The maximum absolute atomic E-state index is 12.4. The molecule has 0 bridgehead atoms. The molecule has 2 aliphatic rings. The fourth-order valence-electron chi connectivity index (χ4n) is 3.20. The number of ether oxygens (including phenoxy) is 1. The van der Waals surface area contributed by atoms with Crippen molar-refractivity contribution in [1.82, 2.24) is 10.2 Å². The van der Waals surface area contributed by atoms with Crippen LogP contribution in [0.2, 0.25) is 0 Å². The van der Waals surface area contributed by atoms with E-state index in [2.05, 4.69) is 33.4 Å². The number of halogens is 2. The average Bonchev–Trinajstić information content (AvgIpc) is 3.07. The first-order valence-corrected chi connectivity index (χ1v) is 8.87. The summed E-state index contributed by atoms with van der Waals surface area (Å²) in [6.07, 6.45) is 2.88. The fraction of sp³-hybridized carbons (Fsp3) is 0.588. The fourth-order valence-corrected chi connectivity index (χ4v) is 3.47. The van der Waals surface area contributed by atoms with Crippen LogP contribution in [-0.4, -0.2) is 43.6 Å². The zero-order valence-electron chi connectivity index (χ0n) is 13.2. The van der Waals surface area contributed by atoms with Gasteiger partial charge in [-0.05, 0) is 49.5 Å². The van der Waals surface area contributed by atoms with Crippen molar-refractivity contribution >= 4 is 34.2 Å². The summed E-state index contributed by atoms with van der Waals surface area (Å²) in [4.78, 5) is 14.4. The van der Waals surface area contributed by atoms with Crippen molar-refractivity contribution in [3.05, 3.63) is 34.3 Å². The van der Waals surface area contributed by atoms with Crippen LogP contribution in [0, 0.1) is 5.92 Å². The third kappa shape index (κ3) is 5.18. The summed E-state index contributed by atoms with van der Waals surface area (Å²) in [6.45, 7) is 4.18. The van der Waals surface area contributed by atoms with Crippen LogP contribution in [0.25, 0.3) is 0 Å². The van der Waals surface area contributed by atoms with Crippen LogP contribution in [-0.2, 0) is 9.53 Å². The Balaban J connectivity index is 0.00000192. The molecular formula is C17H24BrClN2O2. The van der Waals surface area contributed by atoms with E-state index in [-0.39, 0.29) is 24.4 Å². The van der Waals surface area contributed by atoms with E-state index < -0.39 is 0 Å². The van der Waals surface area contributed by atoms with E-state index in [0.717, 1.165) is 36.1 Å². The van der Waals surface area contributed by atoms with Gasteiger partial charge in [0.05, 0.1) is 13.2 Å². The largest absolute Gasteiger partial charge is 0.370 e. The molecule has 0 aromatic heterocycles. The second-order valence-electron chi connectivity index (χ2n) is 6.15. The molecule has 2 saturated heterocycles. The molecule has 2 atom stereocenters. The van der Waals surface area contributed by atoms with Crippen LogP contribution in [0.1, 0.15) is 30.9 Å². The van der Waals surface area contributed by atoms with Gasteiger partial charge in [0.1, 0.15) is 6.10 Å². The Morgan fingerprint density at radius 2 is 2.13 bits per heavy atom. The summed E-state index contributed by atoms with van der Waals surface area (Å²) in [5, 5.41) is 3.36. The minimum atomic E-state index is -0.000975. The van der Waals surface area contributed by atoms with Gasteiger partial charge in [0.25, 0.3) is 0 Å². The molecule has 2 fully saturated rings. The Morgan fingerprint density at radius 1 is 1.35 bits per heavy atom. The van der Waals surface area contributed by atoms with Crippen molar-refractivity contribution in [3.63, 3.8) is 0 Å². The molecule has 0 radical (unpaired) electrons.